The Hall–Kier alpha value is -3.67. The van der Waals surface area contributed by atoms with Gasteiger partial charge in [0.25, 0.3) is 0 Å². The molecule has 5 aromatic carbocycles. The van der Waals surface area contributed by atoms with Gasteiger partial charge < -0.3 is 4.52 Å². The van der Waals surface area contributed by atoms with Crippen molar-refractivity contribution in [2.24, 2.45) is 0 Å². The van der Waals surface area contributed by atoms with Crippen molar-refractivity contribution < 1.29 is 4.52 Å². The topological polar surface area (TPSA) is 9.23 Å². The summed E-state index contributed by atoms with van der Waals surface area (Å²) in [5.41, 5.74) is 7.89. The van der Waals surface area contributed by atoms with E-state index in [0.717, 1.165) is 17.7 Å². The van der Waals surface area contributed by atoms with Gasteiger partial charge in [0.1, 0.15) is 5.75 Å². The molecule has 6 rings (SSSR count). The largest absolute Gasteiger partial charge is 0.464 e. The second kappa shape index (κ2) is 8.70. The molecule has 0 fully saturated rings. The zero-order chi connectivity index (χ0) is 22.0. The Kier molecular flexibility index (Phi) is 5.26. The van der Waals surface area contributed by atoms with Crippen molar-refractivity contribution in [2.45, 2.75) is 6.42 Å². The van der Waals surface area contributed by atoms with Gasteiger partial charge in [-0.1, -0.05) is 121 Å². The molecule has 1 aliphatic carbocycles. The fourth-order valence-electron chi connectivity index (χ4n) is 4.66. The van der Waals surface area contributed by atoms with E-state index in [0.29, 0.717) is 0 Å². The Balaban J connectivity index is 1.45. The Labute approximate surface area is 196 Å². The normalized spacial score (nSPS) is 11.8. The molecule has 0 saturated carbocycles. The molecule has 0 amide bonds. The van der Waals surface area contributed by atoms with Gasteiger partial charge in [0.2, 0.25) is 0 Å². The summed E-state index contributed by atoms with van der Waals surface area (Å²) in [5.74, 6) is 0.931. The second-order valence-electron chi connectivity index (χ2n) is 8.22. The number of para-hydroxylation sites is 1. The van der Waals surface area contributed by atoms with Gasteiger partial charge in [-0.05, 0) is 40.3 Å². The van der Waals surface area contributed by atoms with Gasteiger partial charge in [0.05, 0.1) is 0 Å². The molecule has 0 heterocycles. The first-order valence-corrected chi connectivity index (χ1v) is 12.5. The van der Waals surface area contributed by atoms with Crippen LogP contribution in [0.15, 0.2) is 127 Å². The van der Waals surface area contributed by atoms with E-state index in [1.54, 1.807) is 0 Å². The molecular formula is C31H23OP. The summed E-state index contributed by atoms with van der Waals surface area (Å²) in [7, 11) is -0.986. The standard InChI is InChI=1S/C31H23OP/c1-3-13-24(14-4-1)33(25-15-5-2-6-16-25)32-31-21-10-9-18-29(31)28-20-11-19-27-26-17-8-7-12-23(26)22-30(27)28/h1-21H,22H2. The molecule has 0 unspecified atom stereocenters. The monoisotopic (exact) mass is 442 g/mol. The van der Waals surface area contributed by atoms with Crippen LogP contribution < -0.4 is 15.1 Å². The lowest BCUT2D eigenvalue weighted by Crippen LogP contribution is -2.15. The Morgan fingerprint density at radius 1 is 0.455 bits per heavy atom. The molecule has 0 atom stereocenters. The molecule has 33 heavy (non-hydrogen) atoms. The van der Waals surface area contributed by atoms with Crippen molar-refractivity contribution in [3.63, 3.8) is 0 Å². The summed E-state index contributed by atoms with van der Waals surface area (Å²) in [5, 5.41) is 2.42. The third kappa shape index (κ3) is 3.75. The first-order valence-electron chi connectivity index (χ1n) is 11.3. The van der Waals surface area contributed by atoms with Crippen molar-refractivity contribution in [3.05, 3.63) is 139 Å². The molecule has 0 radical (unpaired) electrons. The van der Waals surface area contributed by atoms with Gasteiger partial charge in [-0.2, -0.15) is 0 Å². The number of fused-ring (bicyclic) bond motifs is 3. The lowest BCUT2D eigenvalue weighted by Gasteiger charge is -2.22. The van der Waals surface area contributed by atoms with Crippen LogP contribution in [0.2, 0.25) is 0 Å². The number of hydrogen-bond donors (Lipinski definition) is 0. The first-order chi connectivity index (χ1) is 16.4. The van der Waals surface area contributed by atoms with Crippen molar-refractivity contribution in [2.75, 3.05) is 0 Å². The van der Waals surface area contributed by atoms with E-state index in [1.807, 2.05) is 0 Å². The molecule has 1 aliphatic rings. The van der Waals surface area contributed by atoms with Crippen molar-refractivity contribution in [3.8, 4) is 28.0 Å². The maximum absolute atomic E-state index is 6.87. The predicted octanol–water partition coefficient (Wildman–Crippen LogP) is 7.35. The van der Waals surface area contributed by atoms with Crippen LogP contribution in [0.1, 0.15) is 11.1 Å². The molecule has 5 aromatic rings. The van der Waals surface area contributed by atoms with Gasteiger partial charge in [0, 0.05) is 16.2 Å². The van der Waals surface area contributed by atoms with Crippen LogP contribution in [-0.2, 0) is 6.42 Å². The van der Waals surface area contributed by atoms with Crippen LogP contribution in [0.5, 0.6) is 5.75 Å². The lowest BCUT2D eigenvalue weighted by molar-refractivity contribution is 0.632. The Morgan fingerprint density at radius 3 is 1.67 bits per heavy atom. The highest BCUT2D eigenvalue weighted by atomic mass is 31.1. The smallest absolute Gasteiger partial charge is 0.150 e. The molecule has 0 bridgehead atoms. The average Bonchev–Trinajstić information content (AvgIpc) is 3.28. The molecule has 1 nitrogen and oxygen atoms in total. The van der Waals surface area contributed by atoms with Gasteiger partial charge in [-0.3, -0.25) is 0 Å². The van der Waals surface area contributed by atoms with Crippen molar-refractivity contribution in [1.82, 2.24) is 0 Å². The Morgan fingerprint density at radius 2 is 0.970 bits per heavy atom. The quantitative estimate of drug-likeness (QED) is 0.254. The van der Waals surface area contributed by atoms with Crippen molar-refractivity contribution in [1.29, 1.82) is 0 Å². The van der Waals surface area contributed by atoms with E-state index in [4.69, 9.17) is 4.52 Å². The average molecular weight is 442 g/mol. The van der Waals surface area contributed by atoms with E-state index < -0.39 is 8.15 Å². The fraction of sp³-hybridized carbons (Fsp3) is 0.0323. The van der Waals surface area contributed by atoms with Crippen LogP contribution >= 0.6 is 8.15 Å². The van der Waals surface area contributed by atoms with Gasteiger partial charge in [-0.25, -0.2) is 0 Å². The first kappa shape index (κ1) is 20.0. The van der Waals surface area contributed by atoms with E-state index >= 15 is 0 Å². The summed E-state index contributed by atoms with van der Waals surface area (Å²) in [4.78, 5) is 0. The SMILES string of the molecule is c1ccc(P(Oc2ccccc2-c2cccc3c2Cc2ccccc2-3)c2ccccc2)cc1. The molecule has 158 valence electrons. The summed E-state index contributed by atoms with van der Waals surface area (Å²) in [6, 6.07) is 45.0. The third-order valence-corrected chi connectivity index (χ3v) is 8.11. The lowest BCUT2D eigenvalue weighted by atomic mass is 9.95. The van der Waals surface area contributed by atoms with Crippen LogP contribution in [0.4, 0.5) is 0 Å². The molecule has 0 N–H and O–H groups in total. The molecular weight excluding hydrogens is 419 g/mol. The molecule has 0 spiro atoms. The Bertz CT molecular complexity index is 1370. The van der Waals surface area contributed by atoms with E-state index in [1.165, 1.54) is 38.4 Å². The highest BCUT2D eigenvalue weighted by molar-refractivity contribution is 7.68. The van der Waals surface area contributed by atoms with Gasteiger partial charge >= 0.3 is 0 Å². The summed E-state index contributed by atoms with van der Waals surface area (Å²) in [6.45, 7) is 0. The minimum absolute atomic E-state index is 0.931. The minimum Gasteiger partial charge on any atom is -0.464 e. The highest BCUT2D eigenvalue weighted by Crippen LogP contribution is 2.46. The number of hydrogen-bond acceptors (Lipinski definition) is 1. The maximum atomic E-state index is 6.87. The maximum Gasteiger partial charge on any atom is 0.150 e. The van der Waals surface area contributed by atoms with Gasteiger partial charge in [-0.15, -0.1) is 0 Å². The zero-order valence-corrected chi connectivity index (χ0v) is 19.1. The molecule has 0 aliphatic heterocycles. The predicted molar refractivity (Wildman–Crippen MR) is 140 cm³/mol. The van der Waals surface area contributed by atoms with Crippen LogP contribution in [-0.4, -0.2) is 0 Å². The van der Waals surface area contributed by atoms with E-state index in [-0.39, 0.29) is 0 Å². The van der Waals surface area contributed by atoms with Crippen LogP contribution in [0.25, 0.3) is 22.3 Å². The number of benzene rings is 5. The zero-order valence-electron chi connectivity index (χ0n) is 18.2. The third-order valence-electron chi connectivity index (χ3n) is 6.20. The molecule has 0 aromatic heterocycles. The second-order valence-corrected chi connectivity index (χ2v) is 10.0. The summed E-state index contributed by atoms with van der Waals surface area (Å²) >= 11 is 0. The van der Waals surface area contributed by atoms with Gasteiger partial charge in [0.15, 0.2) is 8.15 Å². The molecule has 2 heteroatoms. The summed E-state index contributed by atoms with van der Waals surface area (Å²) < 4.78 is 6.87. The van der Waals surface area contributed by atoms with E-state index in [9.17, 15) is 0 Å². The summed E-state index contributed by atoms with van der Waals surface area (Å²) in [6.07, 6.45) is 0.960. The van der Waals surface area contributed by atoms with Crippen molar-refractivity contribution >= 4 is 18.8 Å². The van der Waals surface area contributed by atoms with Crippen LogP contribution in [0.3, 0.4) is 0 Å². The van der Waals surface area contributed by atoms with Crippen LogP contribution in [0, 0.1) is 0 Å². The van der Waals surface area contributed by atoms with E-state index in [2.05, 4.69) is 127 Å². The fourth-order valence-corrected chi connectivity index (χ4v) is 6.41. The minimum atomic E-state index is -0.986. The highest BCUT2D eigenvalue weighted by Gasteiger charge is 2.24. The molecule has 0 saturated heterocycles. The number of rotatable bonds is 5.